The Hall–Kier alpha value is -2.38. The number of carboxylic acid groups (broad SMARTS) is 1. The molecule has 0 saturated carbocycles. The highest BCUT2D eigenvalue weighted by atomic mass is 35.5. The van der Waals surface area contributed by atoms with Crippen LogP contribution in [-0.2, 0) is 6.54 Å². The monoisotopic (exact) mass is 386 g/mol. The van der Waals surface area contributed by atoms with Crippen LogP contribution in [0.3, 0.4) is 0 Å². The van der Waals surface area contributed by atoms with E-state index >= 15 is 0 Å². The van der Waals surface area contributed by atoms with E-state index in [1.54, 1.807) is 18.2 Å². The van der Waals surface area contributed by atoms with Gasteiger partial charge in [-0.2, -0.15) is 0 Å². The van der Waals surface area contributed by atoms with Gasteiger partial charge in [-0.25, -0.2) is 14.2 Å². The molecule has 0 aliphatic heterocycles. The normalized spacial score (nSPS) is 10.9. The van der Waals surface area contributed by atoms with E-state index in [4.69, 9.17) is 32.7 Å². The number of carboxylic acids is 1. The van der Waals surface area contributed by atoms with Crippen molar-refractivity contribution in [3.8, 4) is 11.5 Å². The molecular weight excluding hydrogens is 374 g/mol. The fourth-order valence-electron chi connectivity index (χ4n) is 2.05. The quantitative estimate of drug-likeness (QED) is 0.601. The number of nitrogens with zero attached hydrogens (tertiary/aromatic N) is 2. The molecule has 1 aromatic carbocycles. The number of aromatic carboxylic acids is 1. The second-order valence-corrected chi connectivity index (χ2v) is 5.51. The predicted octanol–water partition coefficient (Wildman–Crippen LogP) is 3.86. The van der Waals surface area contributed by atoms with Crippen molar-refractivity contribution in [3.63, 3.8) is 0 Å². The van der Waals surface area contributed by atoms with E-state index in [0.717, 1.165) is 11.8 Å². The Morgan fingerprint density at radius 3 is 2.36 bits per heavy atom. The van der Waals surface area contributed by atoms with Gasteiger partial charge in [0, 0.05) is 17.8 Å². The van der Waals surface area contributed by atoms with Crippen molar-refractivity contribution in [3.05, 3.63) is 51.0 Å². The van der Waals surface area contributed by atoms with Crippen LogP contribution in [0.2, 0.25) is 10.3 Å². The van der Waals surface area contributed by atoms with Gasteiger partial charge in [0.2, 0.25) is 0 Å². The average Bonchev–Trinajstić information content (AvgIpc) is 2.58. The number of methoxy groups -OCH3 is 2. The third-order valence-corrected chi connectivity index (χ3v) is 3.73. The van der Waals surface area contributed by atoms with E-state index in [9.17, 15) is 14.3 Å². The van der Waals surface area contributed by atoms with Crippen molar-refractivity contribution in [1.82, 2.24) is 4.98 Å². The number of ether oxygens (including phenoxy) is 2. The van der Waals surface area contributed by atoms with Gasteiger partial charge in [0.1, 0.15) is 22.2 Å². The minimum Gasteiger partial charge on any atom is -0.497 e. The highest BCUT2D eigenvalue weighted by Gasteiger charge is 2.21. The van der Waals surface area contributed by atoms with Gasteiger partial charge >= 0.3 is 5.97 Å². The van der Waals surface area contributed by atoms with Crippen molar-refractivity contribution in [1.29, 1.82) is 0 Å². The molecule has 1 aromatic heterocycles. The van der Waals surface area contributed by atoms with Crippen LogP contribution in [0.1, 0.15) is 21.5 Å². The van der Waals surface area contributed by atoms with Crippen LogP contribution in [0.4, 0.5) is 4.39 Å². The van der Waals surface area contributed by atoms with Crippen molar-refractivity contribution in [2.45, 2.75) is 6.54 Å². The van der Waals surface area contributed by atoms with Crippen molar-refractivity contribution < 1.29 is 23.8 Å². The molecule has 0 atom stereocenters. The molecule has 0 aliphatic carbocycles. The van der Waals surface area contributed by atoms with E-state index < -0.39 is 27.7 Å². The lowest BCUT2D eigenvalue weighted by Crippen LogP contribution is -2.08. The maximum Gasteiger partial charge on any atom is 0.339 e. The number of aliphatic imine (C=N–C) groups is 1. The van der Waals surface area contributed by atoms with Gasteiger partial charge in [-0.15, -0.1) is 0 Å². The summed E-state index contributed by atoms with van der Waals surface area (Å²) < 4.78 is 24.4. The van der Waals surface area contributed by atoms with Gasteiger partial charge in [-0.1, -0.05) is 23.2 Å². The maximum atomic E-state index is 14.1. The first kappa shape index (κ1) is 19.0. The van der Waals surface area contributed by atoms with Crippen LogP contribution < -0.4 is 9.47 Å². The van der Waals surface area contributed by atoms with Crippen LogP contribution >= 0.6 is 23.2 Å². The zero-order valence-corrected chi connectivity index (χ0v) is 14.7. The summed E-state index contributed by atoms with van der Waals surface area (Å²) in [4.78, 5) is 18.8. The summed E-state index contributed by atoms with van der Waals surface area (Å²) in [6.07, 6.45) is 1.06. The molecule has 0 amide bonds. The van der Waals surface area contributed by atoms with Crippen LogP contribution in [0, 0.1) is 5.82 Å². The summed E-state index contributed by atoms with van der Waals surface area (Å²) in [7, 11) is 3.02. The second-order valence-electron chi connectivity index (χ2n) is 4.79. The predicted molar refractivity (Wildman–Crippen MR) is 92.0 cm³/mol. The fourth-order valence-corrected chi connectivity index (χ4v) is 2.54. The van der Waals surface area contributed by atoms with Crippen LogP contribution in [0.25, 0.3) is 0 Å². The molecule has 2 aromatic rings. The number of halogens is 3. The van der Waals surface area contributed by atoms with E-state index in [1.165, 1.54) is 14.2 Å². The lowest BCUT2D eigenvalue weighted by molar-refractivity contribution is 0.0696. The SMILES string of the molecule is COc1cc(C/N=C/c2c(F)c(Cl)nc(Cl)c2C(=O)O)cc(OC)c1. The fraction of sp³-hybridized carbons (Fsp3) is 0.188. The number of benzene rings is 1. The van der Waals surface area contributed by atoms with E-state index in [-0.39, 0.29) is 12.1 Å². The molecule has 132 valence electrons. The van der Waals surface area contributed by atoms with E-state index in [0.29, 0.717) is 11.5 Å². The Morgan fingerprint density at radius 2 is 1.84 bits per heavy atom. The first-order valence-electron chi connectivity index (χ1n) is 6.87. The molecule has 0 unspecified atom stereocenters. The number of hydrogen-bond donors (Lipinski definition) is 1. The Kier molecular flexibility index (Phi) is 6.17. The molecule has 0 aliphatic rings. The van der Waals surface area contributed by atoms with Crippen LogP contribution in [-0.4, -0.2) is 36.5 Å². The van der Waals surface area contributed by atoms with Crippen LogP contribution in [0.15, 0.2) is 23.2 Å². The number of aromatic nitrogens is 1. The zero-order valence-electron chi connectivity index (χ0n) is 13.2. The highest BCUT2D eigenvalue weighted by Crippen LogP contribution is 2.26. The summed E-state index contributed by atoms with van der Waals surface area (Å²) in [5.41, 5.74) is -0.126. The van der Waals surface area contributed by atoms with E-state index in [2.05, 4.69) is 9.98 Å². The Balaban J connectivity index is 2.36. The molecule has 1 N–H and O–H groups in total. The first-order valence-corrected chi connectivity index (χ1v) is 7.62. The molecule has 0 bridgehead atoms. The molecule has 0 fully saturated rings. The molecule has 6 nitrogen and oxygen atoms in total. The van der Waals surface area contributed by atoms with Gasteiger partial charge in [0.15, 0.2) is 11.0 Å². The Morgan fingerprint density at radius 1 is 1.24 bits per heavy atom. The minimum atomic E-state index is -1.43. The lowest BCUT2D eigenvalue weighted by Gasteiger charge is -2.08. The smallest absolute Gasteiger partial charge is 0.339 e. The largest absolute Gasteiger partial charge is 0.497 e. The topological polar surface area (TPSA) is 81.0 Å². The van der Waals surface area contributed by atoms with Crippen molar-refractivity contribution in [2.75, 3.05) is 14.2 Å². The number of hydrogen-bond acceptors (Lipinski definition) is 5. The summed E-state index contributed by atoms with van der Waals surface area (Å²) in [5.74, 6) is -1.30. The number of pyridine rings is 1. The summed E-state index contributed by atoms with van der Waals surface area (Å²) in [6.45, 7) is 0.129. The first-order chi connectivity index (χ1) is 11.9. The van der Waals surface area contributed by atoms with Gasteiger partial charge in [-0.3, -0.25) is 4.99 Å². The van der Waals surface area contributed by atoms with Crippen molar-refractivity contribution >= 4 is 35.4 Å². The molecule has 25 heavy (non-hydrogen) atoms. The highest BCUT2D eigenvalue weighted by molar-refractivity contribution is 6.35. The number of carbonyl (C=O) groups is 1. The Bertz CT molecular complexity index is 821. The lowest BCUT2D eigenvalue weighted by atomic mass is 10.1. The van der Waals surface area contributed by atoms with E-state index in [1.807, 2.05) is 0 Å². The summed E-state index contributed by atoms with van der Waals surface area (Å²) in [5, 5.41) is 8.24. The van der Waals surface area contributed by atoms with Gasteiger partial charge in [-0.05, 0) is 17.7 Å². The van der Waals surface area contributed by atoms with Crippen LogP contribution in [0.5, 0.6) is 11.5 Å². The van der Waals surface area contributed by atoms with Gasteiger partial charge < -0.3 is 14.6 Å². The van der Waals surface area contributed by atoms with Crippen molar-refractivity contribution in [2.24, 2.45) is 4.99 Å². The zero-order chi connectivity index (χ0) is 18.6. The molecule has 0 spiro atoms. The van der Waals surface area contributed by atoms with Gasteiger partial charge in [0.25, 0.3) is 0 Å². The third-order valence-electron chi connectivity index (χ3n) is 3.21. The molecule has 0 saturated heterocycles. The molecule has 0 radical (unpaired) electrons. The summed E-state index contributed by atoms with van der Waals surface area (Å²) in [6, 6.07) is 5.14. The maximum absolute atomic E-state index is 14.1. The minimum absolute atomic E-state index is 0.129. The molecule has 2 rings (SSSR count). The standard InChI is InChI=1S/C16H13Cl2FN2O4/c1-24-9-3-8(4-10(5-9)25-2)6-20-7-11-12(16(22)23)14(17)21-15(18)13(11)19/h3-5,7H,6H2,1-2H3,(H,22,23)/b20-7+. The Labute approximate surface area is 152 Å². The van der Waals surface area contributed by atoms with Gasteiger partial charge in [0.05, 0.1) is 20.8 Å². The average molecular weight is 387 g/mol. The molecule has 1 heterocycles. The number of rotatable bonds is 6. The second kappa shape index (κ2) is 8.13. The molecule has 9 heteroatoms. The third kappa shape index (κ3) is 4.37. The molecular formula is C16H13Cl2FN2O4. The summed E-state index contributed by atoms with van der Waals surface area (Å²) >= 11 is 11.4.